The van der Waals surface area contributed by atoms with Crippen molar-refractivity contribution in [1.29, 1.82) is 0 Å². The molecule has 3 amide bonds. The van der Waals surface area contributed by atoms with Crippen molar-refractivity contribution < 1.29 is 14.4 Å². The van der Waals surface area contributed by atoms with Gasteiger partial charge in [-0.1, -0.05) is 78.9 Å². The maximum Gasteiger partial charge on any atom is 0.248 e. The number of likely N-dealkylation sites (tertiary alicyclic amines) is 1. The van der Waals surface area contributed by atoms with E-state index in [9.17, 15) is 14.4 Å². The molecule has 1 N–H and O–H groups in total. The second-order valence-electron chi connectivity index (χ2n) is 10.7. The highest BCUT2D eigenvalue weighted by Crippen LogP contribution is 2.69. The Hall–Kier alpha value is -3.20. The SMILES string of the molecule is O=C(Nc1ccc(I)cc1)[C@@H](Cc1ccccc1)N1C(=O)[C@@H]2[C@H](C1=O)C1(Cl)c3ccccc3C2(Cl)c2ccccc21. The van der Waals surface area contributed by atoms with Gasteiger partial charge in [0, 0.05) is 15.7 Å². The Kier molecular flexibility index (Phi) is 6.30. The van der Waals surface area contributed by atoms with Crippen LogP contribution in [0.3, 0.4) is 0 Å². The normalized spacial score (nSPS) is 26.3. The van der Waals surface area contributed by atoms with Gasteiger partial charge in [-0.15, -0.1) is 23.2 Å². The third-order valence-corrected chi connectivity index (χ3v) is 10.6. The second kappa shape index (κ2) is 9.68. The molecular formula is C33H23Cl2IN2O3. The molecule has 0 aromatic heterocycles. The number of nitrogens with zero attached hydrogens (tertiary/aromatic N) is 1. The molecule has 1 aliphatic heterocycles. The number of halogens is 3. The quantitative estimate of drug-likeness (QED) is 0.149. The van der Waals surface area contributed by atoms with Gasteiger partial charge >= 0.3 is 0 Å². The molecule has 3 atom stereocenters. The van der Waals surface area contributed by atoms with E-state index in [4.69, 9.17) is 23.2 Å². The zero-order chi connectivity index (χ0) is 28.5. The van der Waals surface area contributed by atoms with Gasteiger partial charge in [0.25, 0.3) is 0 Å². The largest absolute Gasteiger partial charge is 0.324 e. The van der Waals surface area contributed by atoms with Crippen LogP contribution in [-0.4, -0.2) is 28.7 Å². The maximum atomic E-state index is 14.5. The van der Waals surface area contributed by atoms with Crippen molar-refractivity contribution >= 4 is 69.2 Å². The molecule has 5 nitrogen and oxygen atoms in total. The lowest BCUT2D eigenvalue weighted by Crippen LogP contribution is -2.57. The molecule has 4 aliphatic rings. The highest BCUT2D eigenvalue weighted by molar-refractivity contribution is 14.1. The van der Waals surface area contributed by atoms with Gasteiger partial charge < -0.3 is 5.32 Å². The summed E-state index contributed by atoms with van der Waals surface area (Å²) in [6.45, 7) is 0. The Balaban J connectivity index is 1.36. The Labute approximate surface area is 261 Å². The number of hydrogen-bond donors (Lipinski definition) is 1. The topological polar surface area (TPSA) is 66.5 Å². The molecule has 1 saturated heterocycles. The zero-order valence-corrected chi connectivity index (χ0v) is 25.2. The maximum absolute atomic E-state index is 14.5. The fourth-order valence-corrected chi connectivity index (χ4v) is 8.35. The molecule has 0 saturated carbocycles. The molecular weight excluding hydrogens is 670 g/mol. The summed E-state index contributed by atoms with van der Waals surface area (Å²) in [5.41, 5.74) is 4.30. The summed E-state index contributed by atoms with van der Waals surface area (Å²) < 4.78 is 1.02. The van der Waals surface area contributed by atoms with Gasteiger partial charge in [-0.25, -0.2) is 0 Å². The first kappa shape index (κ1) is 26.7. The molecule has 2 bridgehead atoms. The minimum absolute atomic E-state index is 0.151. The molecule has 8 heteroatoms. The Morgan fingerprint density at radius 1 is 0.732 bits per heavy atom. The van der Waals surface area contributed by atoms with Crippen LogP contribution in [0.15, 0.2) is 103 Å². The van der Waals surface area contributed by atoms with Crippen molar-refractivity contribution in [1.82, 2.24) is 4.90 Å². The molecule has 204 valence electrons. The third kappa shape index (κ3) is 3.76. The van der Waals surface area contributed by atoms with Crippen LogP contribution in [0, 0.1) is 15.4 Å². The van der Waals surface area contributed by atoms with Gasteiger partial charge in [0.2, 0.25) is 17.7 Å². The van der Waals surface area contributed by atoms with Gasteiger partial charge in [-0.3, -0.25) is 19.3 Å². The lowest BCUT2D eigenvalue weighted by molar-refractivity contribution is -0.146. The van der Waals surface area contributed by atoms with Crippen LogP contribution in [0.5, 0.6) is 0 Å². The fraction of sp³-hybridized carbons (Fsp3) is 0.182. The highest BCUT2D eigenvalue weighted by Gasteiger charge is 2.73. The number of amides is 3. The predicted octanol–water partition coefficient (Wildman–Crippen LogP) is 6.43. The van der Waals surface area contributed by atoms with Crippen molar-refractivity contribution in [2.75, 3.05) is 5.32 Å². The van der Waals surface area contributed by atoms with Gasteiger partial charge in [-0.05, 0) is 74.7 Å². The summed E-state index contributed by atoms with van der Waals surface area (Å²) in [7, 11) is 0. The van der Waals surface area contributed by atoms with Crippen LogP contribution in [-0.2, 0) is 30.6 Å². The smallest absolute Gasteiger partial charge is 0.248 e. The lowest BCUT2D eigenvalue weighted by atomic mass is 9.54. The van der Waals surface area contributed by atoms with E-state index < -0.39 is 45.3 Å². The van der Waals surface area contributed by atoms with Crippen molar-refractivity contribution in [2.45, 2.75) is 22.2 Å². The second-order valence-corrected chi connectivity index (χ2v) is 13.2. The summed E-state index contributed by atoms with van der Waals surface area (Å²) in [6.07, 6.45) is 0.151. The average molecular weight is 693 g/mol. The van der Waals surface area contributed by atoms with E-state index in [-0.39, 0.29) is 6.42 Å². The molecule has 0 radical (unpaired) electrons. The van der Waals surface area contributed by atoms with E-state index in [1.807, 2.05) is 91.0 Å². The van der Waals surface area contributed by atoms with Crippen LogP contribution < -0.4 is 5.32 Å². The minimum Gasteiger partial charge on any atom is -0.324 e. The van der Waals surface area contributed by atoms with Crippen molar-refractivity contribution in [3.05, 3.63) is 135 Å². The summed E-state index contributed by atoms with van der Waals surface area (Å²) in [6, 6.07) is 30.6. The number of imide groups is 1. The number of carbonyl (C=O) groups is 3. The number of anilines is 1. The van der Waals surface area contributed by atoms with E-state index in [0.717, 1.165) is 36.3 Å². The zero-order valence-electron chi connectivity index (χ0n) is 21.6. The van der Waals surface area contributed by atoms with Crippen LogP contribution >= 0.6 is 45.8 Å². The molecule has 8 rings (SSSR count). The molecule has 0 spiro atoms. The number of benzene rings is 4. The predicted molar refractivity (Wildman–Crippen MR) is 167 cm³/mol. The van der Waals surface area contributed by atoms with Gasteiger partial charge in [0.05, 0.1) is 11.8 Å². The number of carbonyl (C=O) groups excluding carboxylic acids is 3. The monoisotopic (exact) mass is 692 g/mol. The summed E-state index contributed by atoms with van der Waals surface area (Å²) >= 11 is 17.3. The van der Waals surface area contributed by atoms with Crippen molar-refractivity contribution in [2.24, 2.45) is 11.8 Å². The van der Waals surface area contributed by atoms with Crippen molar-refractivity contribution in [3.63, 3.8) is 0 Å². The van der Waals surface area contributed by atoms with Gasteiger partial charge in [0.15, 0.2) is 0 Å². The van der Waals surface area contributed by atoms with Gasteiger partial charge in [0.1, 0.15) is 15.8 Å². The van der Waals surface area contributed by atoms with Gasteiger partial charge in [-0.2, -0.15) is 0 Å². The Morgan fingerprint density at radius 2 is 1.17 bits per heavy atom. The molecule has 4 aromatic rings. The van der Waals surface area contributed by atoms with E-state index in [1.165, 1.54) is 0 Å². The average Bonchev–Trinajstić information content (AvgIpc) is 3.27. The van der Waals surface area contributed by atoms with Crippen LogP contribution in [0.4, 0.5) is 5.69 Å². The van der Waals surface area contributed by atoms with E-state index in [0.29, 0.717) is 5.69 Å². The minimum atomic E-state index is -1.31. The molecule has 41 heavy (non-hydrogen) atoms. The lowest BCUT2D eigenvalue weighted by Gasteiger charge is -2.54. The summed E-state index contributed by atoms with van der Waals surface area (Å²) in [5, 5.41) is 2.93. The first-order valence-corrected chi connectivity index (χ1v) is 15.1. The third-order valence-electron chi connectivity index (χ3n) is 8.62. The van der Waals surface area contributed by atoms with E-state index >= 15 is 0 Å². The molecule has 0 unspecified atom stereocenters. The fourth-order valence-electron chi connectivity index (χ4n) is 6.89. The molecule has 1 fully saturated rings. The van der Waals surface area contributed by atoms with Crippen molar-refractivity contribution in [3.8, 4) is 0 Å². The Bertz CT molecular complexity index is 1600. The van der Waals surface area contributed by atoms with E-state index in [2.05, 4.69) is 27.9 Å². The first-order valence-electron chi connectivity index (χ1n) is 13.3. The number of rotatable bonds is 5. The van der Waals surface area contributed by atoms with Crippen LogP contribution in [0.1, 0.15) is 27.8 Å². The number of alkyl halides is 2. The molecule has 1 heterocycles. The van der Waals surface area contributed by atoms with Crippen LogP contribution in [0.25, 0.3) is 0 Å². The Morgan fingerprint density at radius 3 is 1.63 bits per heavy atom. The molecule has 4 aromatic carbocycles. The van der Waals surface area contributed by atoms with Crippen LogP contribution in [0.2, 0.25) is 0 Å². The number of hydrogen-bond acceptors (Lipinski definition) is 3. The standard InChI is InChI=1S/C33H23Cl2IN2O3/c34-32-22-10-4-5-11-23(22)33(35,25-13-7-6-12-24(25)32)28-27(32)30(40)38(31(28)41)26(18-19-8-2-1-3-9-19)29(39)37-21-16-14-20(36)15-17-21/h1-17,26-28H,18H2,(H,37,39)/t26-,27-,28+,32?,33?/m1/s1. The first-order chi connectivity index (χ1) is 19.8. The number of nitrogens with one attached hydrogen (secondary N) is 1. The summed E-state index contributed by atoms with van der Waals surface area (Å²) in [5.74, 6) is -3.36. The summed E-state index contributed by atoms with van der Waals surface area (Å²) in [4.78, 5) is 41.5. The highest BCUT2D eigenvalue weighted by atomic mass is 127. The molecule has 3 aliphatic carbocycles. The van der Waals surface area contributed by atoms with E-state index in [1.54, 1.807) is 12.1 Å².